The van der Waals surface area contributed by atoms with Gasteiger partial charge in [0.1, 0.15) is 0 Å². The molecule has 1 N–H and O–H groups in total. The van der Waals surface area contributed by atoms with Crippen LogP contribution in [0.3, 0.4) is 0 Å². The number of benzene rings is 2. The van der Waals surface area contributed by atoms with Crippen LogP contribution >= 0.6 is 15.9 Å². The Bertz CT molecular complexity index is 529. The zero-order valence-electron chi connectivity index (χ0n) is 10.7. The standard InChI is InChI=1S/C16H17BrO/c1-12-5-3-4-6-13(12)11-16(2,18)14-7-9-15(17)10-8-14/h3-10,18H,11H2,1-2H3. The number of rotatable bonds is 3. The maximum Gasteiger partial charge on any atom is 0.0908 e. The summed E-state index contributed by atoms with van der Waals surface area (Å²) in [6.45, 7) is 3.94. The molecule has 0 bridgehead atoms. The van der Waals surface area contributed by atoms with Crippen LogP contribution in [0.2, 0.25) is 0 Å². The summed E-state index contributed by atoms with van der Waals surface area (Å²) in [5.41, 5.74) is 2.50. The van der Waals surface area contributed by atoms with Gasteiger partial charge in [0.15, 0.2) is 0 Å². The highest BCUT2D eigenvalue weighted by atomic mass is 79.9. The molecule has 2 aromatic carbocycles. The third kappa shape index (κ3) is 3.01. The van der Waals surface area contributed by atoms with E-state index < -0.39 is 5.60 Å². The van der Waals surface area contributed by atoms with Crippen LogP contribution in [0.5, 0.6) is 0 Å². The van der Waals surface area contributed by atoms with Gasteiger partial charge in [0.2, 0.25) is 0 Å². The van der Waals surface area contributed by atoms with E-state index in [1.54, 1.807) is 0 Å². The van der Waals surface area contributed by atoms with Gasteiger partial charge in [-0.15, -0.1) is 0 Å². The maximum atomic E-state index is 10.6. The van der Waals surface area contributed by atoms with Crippen molar-refractivity contribution >= 4 is 15.9 Å². The number of aryl methyl sites for hydroxylation is 1. The van der Waals surface area contributed by atoms with E-state index in [1.807, 2.05) is 43.3 Å². The average molecular weight is 305 g/mol. The number of aliphatic hydroxyl groups is 1. The van der Waals surface area contributed by atoms with Crippen LogP contribution in [0.15, 0.2) is 53.0 Å². The molecule has 2 aromatic rings. The van der Waals surface area contributed by atoms with Crippen molar-refractivity contribution in [2.75, 3.05) is 0 Å². The first-order chi connectivity index (χ1) is 8.49. The lowest BCUT2D eigenvalue weighted by Crippen LogP contribution is -2.24. The third-order valence-corrected chi connectivity index (χ3v) is 3.79. The summed E-state index contributed by atoms with van der Waals surface area (Å²) in [6.07, 6.45) is 0.626. The molecule has 0 amide bonds. The molecule has 0 aliphatic rings. The second-order valence-electron chi connectivity index (χ2n) is 4.88. The van der Waals surface area contributed by atoms with Crippen LogP contribution in [-0.2, 0) is 12.0 Å². The van der Waals surface area contributed by atoms with Crippen molar-refractivity contribution in [1.29, 1.82) is 0 Å². The minimum Gasteiger partial charge on any atom is -0.385 e. The Hall–Kier alpha value is -1.12. The smallest absolute Gasteiger partial charge is 0.0908 e. The minimum atomic E-state index is -0.840. The van der Waals surface area contributed by atoms with Gasteiger partial charge in [0.05, 0.1) is 5.60 Å². The molecule has 18 heavy (non-hydrogen) atoms. The van der Waals surface area contributed by atoms with Gasteiger partial charge >= 0.3 is 0 Å². The number of hydrogen-bond acceptors (Lipinski definition) is 1. The van der Waals surface area contributed by atoms with Gasteiger partial charge in [-0.3, -0.25) is 0 Å². The maximum absolute atomic E-state index is 10.6. The summed E-state index contributed by atoms with van der Waals surface area (Å²) in [6, 6.07) is 16.0. The van der Waals surface area contributed by atoms with E-state index in [2.05, 4.69) is 35.0 Å². The minimum absolute atomic E-state index is 0.626. The van der Waals surface area contributed by atoms with Crippen molar-refractivity contribution in [3.63, 3.8) is 0 Å². The summed E-state index contributed by atoms with van der Waals surface area (Å²) in [7, 11) is 0. The topological polar surface area (TPSA) is 20.2 Å². The fraction of sp³-hybridized carbons (Fsp3) is 0.250. The van der Waals surface area contributed by atoms with Crippen molar-refractivity contribution < 1.29 is 5.11 Å². The molecule has 2 heteroatoms. The van der Waals surface area contributed by atoms with Crippen LogP contribution < -0.4 is 0 Å². The molecule has 1 atom stereocenters. The summed E-state index contributed by atoms with van der Waals surface area (Å²) in [5, 5.41) is 10.6. The first-order valence-electron chi connectivity index (χ1n) is 6.02. The lowest BCUT2D eigenvalue weighted by atomic mass is 9.88. The molecule has 0 radical (unpaired) electrons. The van der Waals surface area contributed by atoms with E-state index in [0.29, 0.717) is 6.42 Å². The molecule has 0 aromatic heterocycles. The molecular weight excluding hydrogens is 288 g/mol. The van der Waals surface area contributed by atoms with Gasteiger partial charge in [0, 0.05) is 10.9 Å². The van der Waals surface area contributed by atoms with Crippen molar-refractivity contribution in [2.45, 2.75) is 25.9 Å². The molecule has 0 saturated carbocycles. The SMILES string of the molecule is Cc1ccccc1CC(C)(O)c1ccc(Br)cc1. The molecular formula is C16H17BrO. The van der Waals surface area contributed by atoms with Gasteiger partial charge in [-0.25, -0.2) is 0 Å². The Morgan fingerprint density at radius 1 is 1.06 bits per heavy atom. The molecule has 1 unspecified atom stereocenters. The van der Waals surface area contributed by atoms with Crippen LogP contribution in [0, 0.1) is 6.92 Å². The van der Waals surface area contributed by atoms with Crippen molar-refractivity contribution in [3.05, 3.63) is 69.7 Å². The second kappa shape index (κ2) is 5.25. The molecule has 2 rings (SSSR count). The fourth-order valence-corrected chi connectivity index (χ4v) is 2.35. The largest absolute Gasteiger partial charge is 0.385 e. The van der Waals surface area contributed by atoms with Gasteiger partial charge in [0.25, 0.3) is 0 Å². The zero-order chi connectivity index (χ0) is 13.2. The molecule has 1 nitrogen and oxygen atoms in total. The highest BCUT2D eigenvalue weighted by Gasteiger charge is 2.23. The molecule has 0 aliphatic heterocycles. The van der Waals surface area contributed by atoms with Crippen LogP contribution in [0.1, 0.15) is 23.6 Å². The molecule has 0 aliphatic carbocycles. The van der Waals surface area contributed by atoms with E-state index in [4.69, 9.17) is 0 Å². The number of halogens is 1. The van der Waals surface area contributed by atoms with Gasteiger partial charge < -0.3 is 5.11 Å². The second-order valence-corrected chi connectivity index (χ2v) is 5.80. The van der Waals surface area contributed by atoms with Crippen LogP contribution in [0.4, 0.5) is 0 Å². The summed E-state index contributed by atoms with van der Waals surface area (Å²) in [4.78, 5) is 0. The van der Waals surface area contributed by atoms with E-state index in [0.717, 1.165) is 10.0 Å². The number of hydrogen-bond donors (Lipinski definition) is 1. The van der Waals surface area contributed by atoms with Gasteiger partial charge in [-0.2, -0.15) is 0 Å². The van der Waals surface area contributed by atoms with E-state index in [9.17, 15) is 5.11 Å². The van der Waals surface area contributed by atoms with E-state index in [1.165, 1.54) is 11.1 Å². The van der Waals surface area contributed by atoms with Crippen molar-refractivity contribution in [2.24, 2.45) is 0 Å². The molecule has 0 spiro atoms. The predicted octanol–water partition coefficient (Wildman–Crippen LogP) is 4.21. The molecule has 0 saturated heterocycles. The van der Waals surface area contributed by atoms with Crippen LogP contribution in [-0.4, -0.2) is 5.11 Å². The first kappa shape index (κ1) is 13.3. The van der Waals surface area contributed by atoms with Gasteiger partial charge in [-0.1, -0.05) is 52.3 Å². The zero-order valence-corrected chi connectivity index (χ0v) is 12.2. The van der Waals surface area contributed by atoms with Gasteiger partial charge in [-0.05, 0) is 42.7 Å². The third-order valence-electron chi connectivity index (χ3n) is 3.26. The Labute approximate surface area is 117 Å². The predicted molar refractivity (Wildman–Crippen MR) is 78.6 cm³/mol. The fourth-order valence-electron chi connectivity index (χ4n) is 2.09. The van der Waals surface area contributed by atoms with E-state index in [-0.39, 0.29) is 0 Å². The summed E-state index contributed by atoms with van der Waals surface area (Å²) < 4.78 is 1.03. The molecule has 94 valence electrons. The molecule has 0 fully saturated rings. The average Bonchev–Trinajstić information content (AvgIpc) is 2.32. The Balaban J connectivity index is 2.27. The molecule has 0 heterocycles. The van der Waals surface area contributed by atoms with Crippen molar-refractivity contribution in [3.8, 4) is 0 Å². The monoisotopic (exact) mass is 304 g/mol. The Morgan fingerprint density at radius 3 is 2.28 bits per heavy atom. The lowest BCUT2D eigenvalue weighted by molar-refractivity contribution is 0.0574. The first-order valence-corrected chi connectivity index (χ1v) is 6.81. The Kier molecular flexibility index (Phi) is 3.88. The highest BCUT2D eigenvalue weighted by Crippen LogP contribution is 2.27. The van der Waals surface area contributed by atoms with Crippen molar-refractivity contribution in [1.82, 2.24) is 0 Å². The summed E-state index contributed by atoms with van der Waals surface area (Å²) in [5.74, 6) is 0. The normalized spacial score (nSPS) is 14.2. The van der Waals surface area contributed by atoms with E-state index >= 15 is 0 Å². The Morgan fingerprint density at radius 2 is 1.67 bits per heavy atom. The summed E-state index contributed by atoms with van der Waals surface area (Å²) >= 11 is 3.41. The lowest BCUT2D eigenvalue weighted by Gasteiger charge is -2.25. The van der Waals surface area contributed by atoms with Crippen LogP contribution in [0.25, 0.3) is 0 Å². The quantitative estimate of drug-likeness (QED) is 0.900. The highest BCUT2D eigenvalue weighted by molar-refractivity contribution is 9.10.